The first-order valence-corrected chi connectivity index (χ1v) is 9.66. The van der Waals surface area contributed by atoms with Crippen molar-refractivity contribution < 1.29 is 14.3 Å². The second kappa shape index (κ2) is 8.34. The van der Waals surface area contributed by atoms with Gasteiger partial charge in [0.2, 0.25) is 5.91 Å². The molecule has 0 radical (unpaired) electrons. The molecule has 1 aliphatic rings. The highest BCUT2D eigenvalue weighted by Gasteiger charge is 2.32. The van der Waals surface area contributed by atoms with E-state index in [2.05, 4.69) is 15.2 Å². The van der Waals surface area contributed by atoms with E-state index in [9.17, 15) is 14.4 Å². The monoisotopic (exact) mass is 404 g/mol. The standard InChI is InChI=1S/C19H28N6O4/c1-19(2,3)14(15(20)26)22-17(27)25-13-5-4-6-21-16(13)24(18(25)28)8-7-23-9-11-29-12-10-23/h4-6,14H,7-12H2,1-3H3,(H2,20,26)(H,22,27)/t14-/m1/s1. The molecule has 3 heterocycles. The van der Waals surface area contributed by atoms with Gasteiger partial charge in [0.05, 0.1) is 18.7 Å². The number of ether oxygens (including phenoxy) is 1. The maximum Gasteiger partial charge on any atom is 0.338 e. The molecule has 2 amide bonds. The Hall–Kier alpha value is -2.72. The molecule has 0 aromatic carbocycles. The highest BCUT2D eigenvalue weighted by molar-refractivity contribution is 5.91. The minimum Gasteiger partial charge on any atom is -0.379 e. The average Bonchev–Trinajstić information content (AvgIpc) is 2.95. The molecule has 158 valence electrons. The van der Waals surface area contributed by atoms with E-state index < -0.39 is 29.1 Å². The third kappa shape index (κ3) is 4.48. The van der Waals surface area contributed by atoms with Crippen molar-refractivity contribution in [3.8, 4) is 0 Å². The van der Waals surface area contributed by atoms with E-state index in [1.165, 1.54) is 4.57 Å². The number of hydrogen-bond acceptors (Lipinski definition) is 6. The number of nitrogens with two attached hydrogens (primary N) is 1. The number of aromatic nitrogens is 3. The van der Waals surface area contributed by atoms with Gasteiger partial charge in [-0.1, -0.05) is 20.8 Å². The van der Waals surface area contributed by atoms with Crippen molar-refractivity contribution in [1.82, 2.24) is 24.3 Å². The summed E-state index contributed by atoms with van der Waals surface area (Å²) in [6.45, 7) is 9.34. The van der Waals surface area contributed by atoms with Crippen molar-refractivity contribution in [2.45, 2.75) is 33.4 Å². The molecular formula is C19H28N6O4. The van der Waals surface area contributed by atoms with Crippen molar-refractivity contribution in [3.63, 3.8) is 0 Å². The van der Waals surface area contributed by atoms with Crippen LogP contribution in [0.1, 0.15) is 20.8 Å². The molecule has 2 aromatic rings. The summed E-state index contributed by atoms with van der Waals surface area (Å²) in [4.78, 5) is 44.3. The molecule has 10 heteroatoms. The number of rotatable bonds is 5. The van der Waals surface area contributed by atoms with Gasteiger partial charge >= 0.3 is 11.7 Å². The summed E-state index contributed by atoms with van der Waals surface area (Å²) in [5, 5.41) is 2.61. The second-order valence-corrected chi connectivity index (χ2v) is 8.22. The number of hydrogen-bond donors (Lipinski definition) is 2. The molecule has 1 fully saturated rings. The van der Waals surface area contributed by atoms with Crippen molar-refractivity contribution in [3.05, 3.63) is 28.8 Å². The van der Waals surface area contributed by atoms with Crippen molar-refractivity contribution >= 4 is 23.1 Å². The molecule has 0 bridgehead atoms. The van der Waals surface area contributed by atoms with Gasteiger partial charge in [0.15, 0.2) is 5.65 Å². The normalized spacial score (nSPS) is 16.7. The predicted octanol–water partition coefficient (Wildman–Crippen LogP) is -0.0121. The summed E-state index contributed by atoms with van der Waals surface area (Å²) in [6, 6.07) is 1.69. The van der Waals surface area contributed by atoms with E-state index in [1.807, 2.05) is 0 Å². The topological polar surface area (TPSA) is 124 Å². The Labute approximate surface area is 168 Å². The smallest absolute Gasteiger partial charge is 0.338 e. The summed E-state index contributed by atoms with van der Waals surface area (Å²) in [5.41, 5.74) is 5.17. The fourth-order valence-electron chi connectivity index (χ4n) is 3.45. The molecule has 0 saturated carbocycles. The number of imidazole rings is 1. The van der Waals surface area contributed by atoms with Gasteiger partial charge in [-0.15, -0.1) is 0 Å². The fraction of sp³-hybridized carbons (Fsp3) is 0.579. The average molecular weight is 404 g/mol. The van der Waals surface area contributed by atoms with Crippen molar-refractivity contribution in [2.24, 2.45) is 11.1 Å². The fourth-order valence-corrected chi connectivity index (χ4v) is 3.45. The van der Waals surface area contributed by atoms with E-state index in [0.29, 0.717) is 37.5 Å². The molecule has 0 unspecified atom stereocenters. The van der Waals surface area contributed by atoms with Crippen LogP contribution in [0.15, 0.2) is 23.1 Å². The molecule has 1 saturated heterocycles. The van der Waals surface area contributed by atoms with Crippen LogP contribution in [0, 0.1) is 5.41 Å². The highest BCUT2D eigenvalue weighted by atomic mass is 16.5. The molecule has 3 N–H and O–H groups in total. The molecular weight excluding hydrogens is 376 g/mol. The Morgan fingerprint density at radius 2 is 1.97 bits per heavy atom. The first-order chi connectivity index (χ1) is 13.7. The van der Waals surface area contributed by atoms with Crippen LogP contribution in [0.4, 0.5) is 4.79 Å². The van der Waals surface area contributed by atoms with Gasteiger partial charge in [0.1, 0.15) is 6.04 Å². The summed E-state index contributed by atoms with van der Waals surface area (Å²) >= 11 is 0. The zero-order chi connectivity index (χ0) is 21.2. The first kappa shape index (κ1) is 21.0. The Morgan fingerprint density at radius 1 is 1.28 bits per heavy atom. The number of fused-ring (bicyclic) bond motifs is 1. The molecule has 29 heavy (non-hydrogen) atoms. The Bertz CT molecular complexity index is 952. The minimum absolute atomic E-state index is 0.383. The van der Waals surface area contributed by atoms with Gasteiger partial charge < -0.3 is 15.8 Å². The molecule has 0 aliphatic carbocycles. The SMILES string of the molecule is CC(C)(C)[C@H](NC(=O)n1c(=O)n(CCN2CCOCC2)c2ncccc21)C(N)=O. The third-order valence-corrected chi connectivity index (χ3v) is 5.05. The maximum atomic E-state index is 13.1. The number of pyridine rings is 1. The van der Waals surface area contributed by atoms with Crippen LogP contribution in [0.2, 0.25) is 0 Å². The number of morpholine rings is 1. The van der Waals surface area contributed by atoms with E-state index in [4.69, 9.17) is 10.5 Å². The Balaban J connectivity index is 1.91. The lowest BCUT2D eigenvalue weighted by atomic mass is 9.86. The van der Waals surface area contributed by atoms with Crippen LogP contribution in [0.5, 0.6) is 0 Å². The summed E-state index contributed by atoms with van der Waals surface area (Å²) in [7, 11) is 0. The summed E-state index contributed by atoms with van der Waals surface area (Å²) in [6.07, 6.45) is 1.58. The lowest BCUT2D eigenvalue weighted by Crippen LogP contribution is -2.54. The van der Waals surface area contributed by atoms with E-state index in [0.717, 1.165) is 17.7 Å². The summed E-state index contributed by atoms with van der Waals surface area (Å²) < 4.78 is 7.85. The van der Waals surface area contributed by atoms with Crippen LogP contribution in [-0.2, 0) is 16.1 Å². The van der Waals surface area contributed by atoms with Gasteiger partial charge in [0.25, 0.3) is 0 Å². The number of primary amides is 1. The van der Waals surface area contributed by atoms with Gasteiger partial charge in [-0.25, -0.2) is 19.1 Å². The molecule has 1 atom stereocenters. The number of carbonyl (C=O) groups is 2. The van der Waals surface area contributed by atoms with E-state index in [-0.39, 0.29) is 0 Å². The largest absolute Gasteiger partial charge is 0.379 e. The minimum atomic E-state index is -0.926. The van der Waals surface area contributed by atoms with Crippen molar-refractivity contribution in [2.75, 3.05) is 32.8 Å². The number of nitrogens with zero attached hydrogens (tertiary/aromatic N) is 4. The van der Waals surface area contributed by atoms with Crippen LogP contribution in [0.25, 0.3) is 11.2 Å². The second-order valence-electron chi connectivity index (χ2n) is 8.22. The van der Waals surface area contributed by atoms with Gasteiger partial charge in [0, 0.05) is 32.4 Å². The van der Waals surface area contributed by atoms with Crippen LogP contribution < -0.4 is 16.7 Å². The molecule has 1 aliphatic heterocycles. The van der Waals surface area contributed by atoms with Gasteiger partial charge in [-0.2, -0.15) is 0 Å². The summed E-state index contributed by atoms with van der Waals surface area (Å²) in [5.74, 6) is -0.659. The molecule has 3 rings (SSSR count). The number of amides is 2. The lowest BCUT2D eigenvalue weighted by molar-refractivity contribution is -0.122. The van der Waals surface area contributed by atoms with E-state index >= 15 is 0 Å². The first-order valence-electron chi connectivity index (χ1n) is 9.66. The van der Waals surface area contributed by atoms with Gasteiger partial charge in [-0.3, -0.25) is 14.3 Å². The Morgan fingerprint density at radius 3 is 2.59 bits per heavy atom. The molecule has 2 aromatic heterocycles. The zero-order valence-corrected chi connectivity index (χ0v) is 17.1. The quantitative estimate of drug-likeness (QED) is 0.722. The van der Waals surface area contributed by atoms with Crippen molar-refractivity contribution in [1.29, 1.82) is 0 Å². The maximum absolute atomic E-state index is 13.1. The number of carbonyl (C=O) groups excluding carboxylic acids is 2. The third-order valence-electron chi connectivity index (χ3n) is 5.05. The van der Waals surface area contributed by atoms with E-state index in [1.54, 1.807) is 39.1 Å². The predicted molar refractivity (Wildman–Crippen MR) is 108 cm³/mol. The molecule has 10 nitrogen and oxygen atoms in total. The van der Waals surface area contributed by atoms with Crippen LogP contribution in [0.3, 0.4) is 0 Å². The van der Waals surface area contributed by atoms with Crippen LogP contribution >= 0.6 is 0 Å². The van der Waals surface area contributed by atoms with Gasteiger partial charge in [-0.05, 0) is 17.5 Å². The lowest BCUT2D eigenvalue weighted by Gasteiger charge is -2.28. The number of nitrogens with one attached hydrogen (secondary N) is 1. The Kier molecular flexibility index (Phi) is 6.04. The van der Waals surface area contributed by atoms with Crippen LogP contribution in [-0.4, -0.2) is 69.8 Å². The highest BCUT2D eigenvalue weighted by Crippen LogP contribution is 2.19. The molecule has 0 spiro atoms. The zero-order valence-electron chi connectivity index (χ0n) is 17.1.